The van der Waals surface area contributed by atoms with Gasteiger partial charge < -0.3 is 24.4 Å². The zero-order valence-electron chi connectivity index (χ0n) is 15.5. The third-order valence-electron chi connectivity index (χ3n) is 3.95. The van der Waals surface area contributed by atoms with Gasteiger partial charge in [0, 0.05) is 44.2 Å². The second kappa shape index (κ2) is 10.4. The maximum absolute atomic E-state index is 12.4. The van der Waals surface area contributed by atoms with Crippen molar-refractivity contribution in [2.24, 2.45) is 0 Å². The van der Waals surface area contributed by atoms with E-state index in [-0.39, 0.29) is 5.91 Å². The quantitative estimate of drug-likeness (QED) is 0.707. The molecule has 0 aliphatic rings. The Morgan fingerprint density at radius 3 is 2.19 bits per heavy atom. The van der Waals surface area contributed by atoms with Gasteiger partial charge in [-0.3, -0.25) is 4.79 Å². The minimum absolute atomic E-state index is 0.162. The summed E-state index contributed by atoms with van der Waals surface area (Å²) >= 11 is 0. The summed E-state index contributed by atoms with van der Waals surface area (Å²) < 4.78 is 15.5. The number of rotatable bonds is 10. The van der Waals surface area contributed by atoms with Gasteiger partial charge in [-0.25, -0.2) is 0 Å². The first-order chi connectivity index (χ1) is 12.7. The molecule has 0 bridgehead atoms. The van der Waals surface area contributed by atoms with Crippen molar-refractivity contribution in [3.05, 3.63) is 54.1 Å². The summed E-state index contributed by atoms with van der Waals surface area (Å²) in [6.07, 6.45) is 0. The Bertz CT molecular complexity index is 680. The summed E-state index contributed by atoms with van der Waals surface area (Å²) in [5.74, 6) is 0.556. The lowest BCUT2D eigenvalue weighted by Gasteiger charge is -2.24. The molecule has 0 saturated heterocycles. The molecule has 0 unspecified atom stereocenters. The van der Waals surface area contributed by atoms with E-state index in [0.717, 1.165) is 30.2 Å². The third kappa shape index (κ3) is 5.75. The van der Waals surface area contributed by atoms with Gasteiger partial charge in [-0.15, -0.1) is 0 Å². The van der Waals surface area contributed by atoms with E-state index in [1.807, 2.05) is 24.3 Å². The Balaban J connectivity index is 2.09. The van der Waals surface area contributed by atoms with Crippen molar-refractivity contribution in [1.29, 1.82) is 0 Å². The Hall–Kier alpha value is -2.57. The number of methoxy groups -OCH3 is 3. The first-order valence-corrected chi connectivity index (χ1v) is 8.46. The lowest BCUT2D eigenvalue weighted by Crippen LogP contribution is -2.30. The van der Waals surface area contributed by atoms with E-state index in [1.54, 1.807) is 45.6 Å². The number of hydrogen-bond acceptors (Lipinski definition) is 5. The molecule has 0 atom stereocenters. The van der Waals surface area contributed by atoms with Gasteiger partial charge in [0.05, 0.1) is 20.3 Å². The fourth-order valence-corrected chi connectivity index (χ4v) is 2.50. The molecule has 0 spiro atoms. The standard InChI is InChI=1S/C20H26N2O4/c1-24-13-11-22(12-14-25-2)18-6-4-5-17(15-18)21-20(23)16-7-9-19(26-3)10-8-16/h4-10,15H,11-14H2,1-3H3,(H,21,23). The second-order valence-electron chi connectivity index (χ2n) is 5.71. The topological polar surface area (TPSA) is 60.0 Å². The van der Waals surface area contributed by atoms with Crippen LogP contribution in [0.3, 0.4) is 0 Å². The number of benzene rings is 2. The molecule has 140 valence electrons. The molecule has 0 aliphatic heterocycles. The molecule has 1 N–H and O–H groups in total. The van der Waals surface area contributed by atoms with E-state index in [1.165, 1.54) is 0 Å². The third-order valence-corrected chi connectivity index (χ3v) is 3.95. The molecule has 0 heterocycles. The molecule has 0 aliphatic carbocycles. The molecule has 26 heavy (non-hydrogen) atoms. The van der Waals surface area contributed by atoms with Crippen LogP contribution in [0, 0.1) is 0 Å². The minimum Gasteiger partial charge on any atom is -0.497 e. The first-order valence-electron chi connectivity index (χ1n) is 8.46. The summed E-state index contributed by atoms with van der Waals surface area (Å²) in [7, 11) is 4.96. The molecule has 2 rings (SSSR count). The maximum Gasteiger partial charge on any atom is 0.255 e. The fraction of sp³-hybridized carbons (Fsp3) is 0.350. The largest absolute Gasteiger partial charge is 0.497 e. The molecule has 6 nitrogen and oxygen atoms in total. The number of carbonyl (C=O) groups is 1. The zero-order chi connectivity index (χ0) is 18.8. The summed E-state index contributed by atoms with van der Waals surface area (Å²) in [4.78, 5) is 14.6. The predicted molar refractivity (Wildman–Crippen MR) is 103 cm³/mol. The van der Waals surface area contributed by atoms with Crippen molar-refractivity contribution in [1.82, 2.24) is 0 Å². The molecule has 0 fully saturated rings. The van der Waals surface area contributed by atoms with Crippen LogP contribution in [0.2, 0.25) is 0 Å². The van der Waals surface area contributed by atoms with E-state index in [9.17, 15) is 4.79 Å². The van der Waals surface area contributed by atoms with Crippen molar-refractivity contribution in [2.75, 3.05) is 57.8 Å². The van der Waals surface area contributed by atoms with Gasteiger partial charge >= 0.3 is 0 Å². The maximum atomic E-state index is 12.4. The number of carbonyl (C=O) groups excluding carboxylic acids is 1. The van der Waals surface area contributed by atoms with E-state index in [2.05, 4.69) is 10.2 Å². The lowest BCUT2D eigenvalue weighted by molar-refractivity contribution is 0.102. The predicted octanol–water partition coefficient (Wildman–Crippen LogP) is 3.05. The van der Waals surface area contributed by atoms with Crippen LogP contribution in [0.25, 0.3) is 0 Å². The zero-order valence-corrected chi connectivity index (χ0v) is 15.5. The molecule has 1 amide bonds. The van der Waals surface area contributed by atoms with E-state index in [0.29, 0.717) is 18.8 Å². The Kier molecular flexibility index (Phi) is 7.92. The first kappa shape index (κ1) is 19.8. The van der Waals surface area contributed by atoms with Gasteiger partial charge in [0.15, 0.2) is 0 Å². The van der Waals surface area contributed by atoms with Gasteiger partial charge in [0.1, 0.15) is 5.75 Å². The Morgan fingerprint density at radius 2 is 1.62 bits per heavy atom. The van der Waals surface area contributed by atoms with E-state index >= 15 is 0 Å². The summed E-state index contributed by atoms with van der Waals surface area (Å²) in [5.41, 5.74) is 2.32. The SMILES string of the molecule is COCCN(CCOC)c1cccc(NC(=O)c2ccc(OC)cc2)c1. The number of hydrogen-bond donors (Lipinski definition) is 1. The van der Waals surface area contributed by atoms with Crippen LogP contribution in [0.15, 0.2) is 48.5 Å². The fourth-order valence-electron chi connectivity index (χ4n) is 2.50. The molecule has 0 aromatic heterocycles. The van der Waals surface area contributed by atoms with Crippen LogP contribution in [-0.4, -0.2) is 53.5 Å². The molecular formula is C20H26N2O4. The summed E-state index contributed by atoms with van der Waals surface area (Å²) in [6, 6.07) is 14.8. The molecule has 2 aromatic rings. The van der Waals surface area contributed by atoms with E-state index < -0.39 is 0 Å². The normalized spacial score (nSPS) is 10.4. The number of amides is 1. The number of nitrogens with zero attached hydrogens (tertiary/aromatic N) is 1. The highest BCUT2D eigenvalue weighted by Gasteiger charge is 2.10. The number of anilines is 2. The Morgan fingerprint density at radius 1 is 0.962 bits per heavy atom. The van der Waals surface area contributed by atoms with Crippen LogP contribution < -0.4 is 15.0 Å². The molecule has 0 radical (unpaired) electrons. The van der Waals surface area contributed by atoms with Gasteiger partial charge in [-0.05, 0) is 42.5 Å². The molecule has 0 saturated carbocycles. The van der Waals surface area contributed by atoms with Gasteiger partial charge in [0.2, 0.25) is 0 Å². The Labute approximate surface area is 154 Å². The molecular weight excluding hydrogens is 332 g/mol. The minimum atomic E-state index is -0.162. The highest BCUT2D eigenvalue weighted by Crippen LogP contribution is 2.20. The average Bonchev–Trinajstić information content (AvgIpc) is 2.68. The monoisotopic (exact) mass is 358 g/mol. The number of nitrogens with one attached hydrogen (secondary N) is 1. The number of ether oxygens (including phenoxy) is 3. The van der Waals surface area contributed by atoms with Gasteiger partial charge in [-0.1, -0.05) is 6.07 Å². The van der Waals surface area contributed by atoms with Crippen LogP contribution in [0.5, 0.6) is 5.75 Å². The second-order valence-corrected chi connectivity index (χ2v) is 5.71. The van der Waals surface area contributed by atoms with Crippen molar-refractivity contribution >= 4 is 17.3 Å². The van der Waals surface area contributed by atoms with Crippen molar-refractivity contribution < 1.29 is 19.0 Å². The molecule has 6 heteroatoms. The van der Waals surface area contributed by atoms with Crippen molar-refractivity contribution in [3.8, 4) is 5.75 Å². The van der Waals surface area contributed by atoms with Crippen LogP contribution in [0.1, 0.15) is 10.4 Å². The average molecular weight is 358 g/mol. The summed E-state index contributed by atoms with van der Waals surface area (Å²) in [6.45, 7) is 2.73. The van der Waals surface area contributed by atoms with Crippen molar-refractivity contribution in [2.45, 2.75) is 0 Å². The van der Waals surface area contributed by atoms with Crippen molar-refractivity contribution in [3.63, 3.8) is 0 Å². The van der Waals surface area contributed by atoms with Crippen LogP contribution in [0.4, 0.5) is 11.4 Å². The highest BCUT2D eigenvalue weighted by atomic mass is 16.5. The van der Waals surface area contributed by atoms with E-state index in [4.69, 9.17) is 14.2 Å². The smallest absolute Gasteiger partial charge is 0.255 e. The molecule has 2 aromatic carbocycles. The summed E-state index contributed by atoms with van der Waals surface area (Å²) in [5, 5.41) is 2.93. The van der Waals surface area contributed by atoms with Crippen LogP contribution >= 0.6 is 0 Å². The van der Waals surface area contributed by atoms with Crippen LogP contribution in [-0.2, 0) is 9.47 Å². The van der Waals surface area contributed by atoms with Gasteiger partial charge in [0.25, 0.3) is 5.91 Å². The highest BCUT2D eigenvalue weighted by molar-refractivity contribution is 6.04. The lowest BCUT2D eigenvalue weighted by atomic mass is 10.2. The van der Waals surface area contributed by atoms with Gasteiger partial charge in [-0.2, -0.15) is 0 Å².